The topological polar surface area (TPSA) is 134 Å². The maximum Gasteiger partial charge on any atom is 0.326 e. The predicted molar refractivity (Wildman–Crippen MR) is 115 cm³/mol. The molecule has 0 aliphatic rings. The zero-order chi connectivity index (χ0) is 25.0. The Labute approximate surface area is 190 Å². The first-order valence-electron chi connectivity index (χ1n) is 9.88. The van der Waals surface area contributed by atoms with Crippen molar-refractivity contribution in [3.05, 3.63) is 65.7 Å². The zero-order valence-electron chi connectivity index (χ0n) is 17.9. The molecule has 0 saturated heterocycles. The van der Waals surface area contributed by atoms with Crippen molar-refractivity contribution in [1.82, 2.24) is 10.5 Å². The molecule has 0 bridgehead atoms. The Morgan fingerprint density at radius 2 is 1.56 bits per heavy atom. The van der Waals surface area contributed by atoms with Crippen molar-refractivity contribution >= 4 is 29.3 Å². The van der Waals surface area contributed by atoms with E-state index in [1.54, 1.807) is 13.8 Å². The highest BCUT2D eigenvalue weighted by Gasteiger charge is 2.26. The number of urea groups is 1. The number of halogens is 3. The van der Waals surface area contributed by atoms with Crippen LogP contribution in [-0.2, 0) is 4.79 Å². The number of carboxylic acid groups (broad SMARTS) is 1. The number of benzene rings is 2. The SMILES string of the molecule is CC(C)C(NC(=O)c1cc(-c2ccc(NC(=O)Nc3ccc(F)cc3F)c(F)c2)no1)C(=O)O. The second-order valence-electron chi connectivity index (χ2n) is 7.51. The van der Waals surface area contributed by atoms with Crippen LogP contribution in [0.5, 0.6) is 0 Å². The Kier molecular flexibility index (Phi) is 7.19. The summed E-state index contributed by atoms with van der Waals surface area (Å²) in [4.78, 5) is 35.5. The van der Waals surface area contributed by atoms with Gasteiger partial charge in [0.05, 0.1) is 11.4 Å². The summed E-state index contributed by atoms with van der Waals surface area (Å²) in [7, 11) is 0. The monoisotopic (exact) mass is 476 g/mol. The molecule has 9 nitrogen and oxygen atoms in total. The second-order valence-corrected chi connectivity index (χ2v) is 7.51. The lowest BCUT2D eigenvalue weighted by atomic mass is 10.0. The fourth-order valence-corrected chi connectivity index (χ4v) is 2.89. The van der Waals surface area contributed by atoms with Crippen LogP contribution in [0, 0.1) is 23.4 Å². The summed E-state index contributed by atoms with van der Waals surface area (Å²) in [5.41, 5.74) is -0.252. The molecule has 1 heterocycles. The second kappa shape index (κ2) is 10.1. The van der Waals surface area contributed by atoms with Crippen LogP contribution in [0.2, 0.25) is 0 Å². The van der Waals surface area contributed by atoms with Crippen LogP contribution in [0.4, 0.5) is 29.3 Å². The molecule has 3 rings (SSSR count). The molecule has 0 fully saturated rings. The molecule has 178 valence electrons. The van der Waals surface area contributed by atoms with E-state index < -0.39 is 41.4 Å². The lowest BCUT2D eigenvalue weighted by molar-refractivity contribution is -0.140. The van der Waals surface area contributed by atoms with Crippen LogP contribution < -0.4 is 16.0 Å². The zero-order valence-corrected chi connectivity index (χ0v) is 17.9. The number of nitrogens with one attached hydrogen (secondary N) is 3. The lowest BCUT2D eigenvalue weighted by Crippen LogP contribution is -2.44. The minimum atomic E-state index is -1.21. The number of carboxylic acids is 1. The van der Waals surface area contributed by atoms with E-state index in [2.05, 4.69) is 21.1 Å². The van der Waals surface area contributed by atoms with Crippen molar-refractivity contribution < 1.29 is 37.2 Å². The fourth-order valence-electron chi connectivity index (χ4n) is 2.89. The molecule has 3 amide bonds. The number of carbonyl (C=O) groups excluding carboxylic acids is 2. The normalized spacial score (nSPS) is 11.7. The number of aromatic nitrogens is 1. The van der Waals surface area contributed by atoms with Gasteiger partial charge in [0.25, 0.3) is 5.91 Å². The number of nitrogens with zero attached hydrogens (tertiary/aromatic N) is 1. The Balaban J connectivity index is 1.69. The van der Waals surface area contributed by atoms with Crippen LogP contribution >= 0.6 is 0 Å². The maximum absolute atomic E-state index is 14.5. The van der Waals surface area contributed by atoms with Gasteiger partial charge in [0.15, 0.2) is 0 Å². The summed E-state index contributed by atoms with van der Waals surface area (Å²) in [5, 5.41) is 19.5. The van der Waals surface area contributed by atoms with Crippen LogP contribution in [-0.4, -0.2) is 34.2 Å². The van der Waals surface area contributed by atoms with Crippen molar-refractivity contribution in [2.24, 2.45) is 5.92 Å². The van der Waals surface area contributed by atoms with E-state index in [0.717, 1.165) is 18.2 Å². The smallest absolute Gasteiger partial charge is 0.326 e. The summed E-state index contributed by atoms with van der Waals surface area (Å²) in [6.07, 6.45) is 0. The third-order valence-electron chi connectivity index (χ3n) is 4.65. The number of hydrogen-bond acceptors (Lipinski definition) is 5. The van der Waals surface area contributed by atoms with Crippen molar-refractivity contribution in [2.45, 2.75) is 19.9 Å². The van der Waals surface area contributed by atoms with E-state index in [0.29, 0.717) is 6.07 Å². The van der Waals surface area contributed by atoms with Gasteiger partial charge in [-0.3, -0.25) is 4.79 Å². The van der Waals surface area contributed by atoms with Crippen molar-refractivity contribution in [1.29, 1.82) is 0 Å². The first-order valence-corrected chi connectivity index (χ1v) is 9.88. The van der Waals surface area contributed by atoms with Gasteiger partial charge in [-0.25, -0.2) is 22.8 Å². The molecule has 0 radical (unpaired) electrons. The van der Waals surface area contributed by atoms with Crippen LogP contribution in [0.1, 0.15) is 24.4 Å². The van der Waals surface area contributed by atoms with Crippen LogP contribution in [0.25, 0.3) is 11.3 Å². The highest BCUT2D eigenvalue weighted by atomic mass is 19.1. The number of anilines is 2. The van der Waals surface area contributed by atoms with Crippen molar-refractivity contribution in [2.75, 3.05) is 10.6 Å². The average Bonchev–Trinajstić information content (AvgIpc) is 3.25. The van der Waals surface area contributed by atoms with Gasteiger partial charge in [0, 0.05) is 17.7 Å². The van der Waals surface area contributed by atoms with E-state index in [9.17, 15) is 32.7 Å². The first-order chi connectivity index (χ1) is 16.0. The summed E-state index contributed by atoms with van der Waals surface area (Å²) in [6.45, 7) is 3.25. The van der Waals surface area contributed by atoms with Gasteiger partial charge in [-0.15, -0.1) is 0 Å². The highest BCUT2D eigenvalue weighted by molar-refractivity contribution is 6.00. The van der Waals surface area contributed by atoms with Crippen LogP contribution in [0.15, 0.2) is 47.0 Å². The predicted octanol–water partition coefficient (Wildman–Crippen LogP) is 4.24. The molecule has 1 atom stereocenters. The molecular weight excluding hydrogens is 457 g/mol. The molecule has 1 unspecified atom stereocenters. The van der Waals surface area contributed by atoms with E-state index in [4.69, 9.17) is 4.52 Å². The van der Waals surface area contributed by atoms with E-state index >= 15 is 0 Å². The molecule has 3 aromatic rings. The van der Waals surface area contributed by atoms with Gasteiger partial charge in [-0.05, 0) is 30.2 Å². The summed E-state index contributed by atoms with van der Waals surface area (Å²) in [5.74, 6) is -5.35. The quantitative estimate of drug-likeness (QED) is 0.403. The Morgan fingerprint density at radius 1 is 0.941 bits per heavy atom. The Hall–Kier alpha value is -4.35. The summed E-state index contributed by atoms with van der Waals surface area (Å²) < 4.78 is 46.1. The maximum atomic E-state index is 14.5. The average molecular weight is 476 g/mol. The molecule has 0 aliphatic heterocycles. The van der Waals surface area contributed by atoms with Gasteiger partial charge in [-0.1, -0.05) is 25.1 Å². The van der Waals surface area contributed by atoms with Gasteiger partial charge in [0.2, 0.25) is 5.76 Å². The minimum absolute atomic E-state index is 0.0878. The van der Waals surface area contributed by atoms with Crippen molar-refractivity contribution in [3.63, 3.8) is 0 Å². The number of hydrogen-bond donors (Lipinski definition) is 4. The molecule has 0 aliphatic carbocycles. The Bertz CT molecular complexity index is 1250. The van der Waals surface area contributed by atoms with Gasteiger partial charge in [0.1, 0.15) is 29.2 Å². The van der Waals surface area contributed by atoms with E-state index in [1.807, 2.05) is 0 Å². The molecule has 0 saturated carbocycles. The molecule has 34 heavy (non-hydrogen) atoms. The molecule has 0 spiro atoms. The third-order valence-corrected chi connectivity index (χ3v) is 4.65. The molecule has 2 aromatic carbocycles. The third kappa shape index (κ3) is 5.71. The summed E-state index contributed by atoms with van der Waals surface area (Å²) in [6, 6.07) is 5.26. The lowest BCUT2D eigenvalue weighted by Gasteiger charge is -2.16. The number of amides is 3. The number of carbonyl (C=O) groups is 3. The largest absolute Gasteiger partial charge is 0.480 e. The van der Waals surface area contributed by atoms with Crippen molar-refractivity contribution in [3.8, 4) is 11.3 Å². The van der Waals surface area contributed by atoms with Gasteiger partial charge >= 0.3 is 12.0 Å². The fraction of sp³-hybridized carbons (Fsp3) is 0.182. The highest BCUT2D eigenvalue weighted by Crippen LogP contribution is 2.25. The molecule has 4 N–H and O–H groups in total. The van der Waals surface area contributed by atoms with E-state index in [1.165, 1.54) is 18.2 Å². The molecule has 1 aromatic heterocycles. The standard InChI is InChI=1S/C22H19F3N4O5/c1-10(2)19(21(31)32)28-20(30)18-9-17(29-34-18)11-3-5-15(13(24)7-11)26-22(33)27-16-6-4-12(23)8-14(16)25/h3-10,19H,1-2H3,(H,28,30)(H,31,32)(H2,26,27,33). The van der Waals surface area contributed by atoms with Crippen LogP contribution in [0.3, 0.4) is 0 Å². The van der Waals surface area contributed by atoms with Gasteiger partial charge < -0.3 is 25.6 Å². The van der Waals surface area contributed by atoms with E-state index in [-0.39, 0.29) is 34.3 Å². The number of rotatable bonds is 7. The Morgan fingerprint density at radius 3 is 2.12 bits per heavy atom. The first kappa shape index (κ1) is 24.3. The summed E-state index contributed by atoms with van der Waals surface area (Å²) >= 11 is 0. The minimum Gasteiger partial charge on any atom is -0.480 e. The molecule has 12 heteroatoms. The van der Waals surface area contributed by atoms with Gasteiger partial charge in [-0.2, -0.15) is 0 Å². The number of aliphatic carboxylic acids is 1. The molecular formula is C22H19F3N4O5.